The van der Waals surface area contributed by atoms with Crippen molar-refractivity contribution in [1.29, 1.82) is 0 Å². The van der Waals surface area contributed by atoms with Crippen molar-refractivity contribution < 1.29 is 35.5 Å². The summed E-state index contributed by atoms with van der Waals surface area (Å²) >= 11 is 1.33. The van der Waals surface area contributed by atoms with Crippen LogP contribution in [-0.2, 0) is 42.1 Å². The van der Waals surface area contributed by atoms with Gasteiger partial charge in [0.1, 0.15) is 11.4 Å². The lowest BCUT2D eigenvalue weighted by atomic mass is 9.87. The van der Waals surface area contributed by atoms with Crippen LogP contribution in [0.15, 0.2) is 199 Å². The van der Waals surface area contributed by atoms with Gasteiger partial charge in [0.25, 0.3) is 26.7 Å². The lowest BCUT2D eigenvalue weighted by molar-refractivity contribution is -0.470. The van der Waals surface area contributed by atoms with Gasteiger partial charge in [0, 0.05) is 30.7 Å². The molecule has 15 nitrogen and oxygen atoms in total. The maximum Gasteiger partial charge on any atom is 0.393 e. The molecule has 2 heterocycles. The molecule has 0 atom stereocenters. The van der Waals surface area contributed by atoms with E-state index < -0.39 is 36.7 Å². The van der Waals surface area contributed by atoms with E-state index in [-0.39, 0.29) is 36.7 Å². The Balaban J connectivity index is 0.000000234. The lowest BCUT2D eigenvalue weighted by Crippen LogP contribution is -2.66. The molecule has 0 radical (unpaired) electrons. The van der Waals surface area contributed by atoms with Crippen molar-refractivity contribution in [3.63, 3.8) is 0 Å². The lowest BCUT2D eigenvalue weighted by Gasteiger charge is -2.43. The van der Waals surface area contributed by atoms with Gasteiger partial charge in [-0.25, -0.2) is 18.1 Å². The highest BCUT2D eigenvalue weighted by Gasteiger charge is 2.52. The van der Waals surface area contributed by atoms with E-state index in [0.29, 0.717) is 31.5 Å². The number of nitrogens with one attached hydrogen (secondary N) is 1. The second kappa shape index (κ2) is 30.7. The van der Waals surface area contributed by atoms with Crippen LogP contribution in [0.2, 0.25) is 10.1 Å². The number of hydrogen-bond acceptors (Lipinski definition) is 12. The van der Waals surface area contributed by atoms with E-state index in [2.05, 4.69) is 163 Å². The van der Waals surface area contributed by atoms with Crippen LogP contribution < -0.4 is 31.2 Å². The molecule has 6 aromatic carbocycles. The number of azo groups is 2. The maximum absolute atomic E-state index is 13.4. The average molecular weight is 1290 g/mol. The van der Waals surface area contributed by atoms with Gasteiger partial charge in [-0.05, 0) is 123 Å². The van der Waals surface area contributed by atoms with Gasteiger partial charge in [-0.15, -0.1) is 9.81 Å². The third kappa shape index (κ3) is 16.3. The summed E-state index contributed by atoms with van der Waals surface area (Å²) in [5.41, 5.74) is 6.90. The molecule has 0 saturated heterocycles. The number of hydrazone groups is 1. The number of aliphatic hydroxyl groups is 1. The minimum absolute atomic E-state index is 0.0344. The second-order valence-corrected chi connectivity index (χ2v) is 37.7. The zero-order valence-corrected chi connectivity index (χ0v) is 57.7. The number of aliphatic hydroxyl groups excluding tert-OH is 1. The van der Waals surface area contributed by atoms with Gasteiger partial charge in [-0.2, -0.15) is 13.5 Å². The van der Waals surface area contributed by atoms with Crippen molar-refractivity contribution in [3.05, 3.63) is 181 Å². The fourth-order valence-corrected chi connectivity index (χ4v) is 24.5. The summed E-state index contributed by atoms with van der Waals surface area (Å²) in [5, 5.41) is 22.9. The van der Waals surface area contributed by atoms with Crippen LogP contribution in [0.4, 0.5) is 0 Å². The first kappa shape index (κ1) is 69.5. The fourth-order valence-electron chi connectivity index (χ4n) is 12.6. The number of hydrogen-bond donors (Lipinski definition) is 3. The van der Waals surface area contributed by atoms with Crippen LogP contribution in [0, 0.1) is 10.8 Å². The molecule has 2 aliphatic carbocycles. The fraction of sp³-hybridized carbons (Fsp3) is 0.426. The maximum atomic E-state index is 13.4. The minimum Gasteiger partial charge on any atom is -0.403 e. The van der Waals surface area contributed by atoms with Gasteiger partial charge < -0.3 is 19.7 Å². The van der Waals surface area contributed by atoms with Crippen LogP contribution >= 0.6 is 11.8 Å². The number of amidine groups is 1. The normalized spacial score (nSPS) is 16.7. The van der Waals surface area contributed by atoms with Gasteiger partial charge in [-0.3, -0.25) is 4.99 Å². The van der Waals surface area contributed by atoms with Crippen LogP contribution in [0.3, 0.4) is 0 Å². The molecule has 2 spiro atoms. The topological polar surface area (TPSA) is 201 Å². The third-order valence-corrected chi connectivity index (χ3v) is 30.2. The molecule has 2 saturated carbocycles. The Morgan fingerprint density at radius 3 is 1.43 bits per heavy atom. The zero-order chi connectivity index (χ0) is 63.7. The van der Waals surface area contributed by atoms with E-state index >= 15 is 0 Å². The molecule has 88 heavy (non-hydrogen) atoms. The summed E-state index contributed by atoms with van der Waals surface area (Å²) in [6.45, 7) is 21.4. The molecule has 0 unspecified atom stereocenters. The number of benzene rings is 6. The van der Waals surface area contributed by atoms with Crippen LogP contribution in [-0.4, -0.2) is 112 Å². The summed E-state index contributed by atoms with van der Waals surface area (Å²) in [5.74, 6) is 0.275. The molecule has 10 rings (SSSR count). The molecule has 0 aromatic heterocycles. The van der Waals surface area contributed by atoms with Gasteiger partial charge >= 0.3 is 15.2 Å². The van der Waals surface area contributed by atoms with Crippen molar-refractivity contribution >= 4 is 86.5 Å². The van der Waals surface area contributed by atoms with E-state index in [9.17, 15) is 16.8 Å². The van der Waals surface area contributed by atoms with E-state index in [1.807, 2.05) is 74.8 Å². The Hall–Kier alpha value is -5.95. The number of rotatable bonds is 15. The Morgan fingerprint density at radius 2 is 1.05 bits per heavy atom. The molecule has 2 aliphatic heterocycles. The highest BCUT2D eigenvalue weighted by atomic mass is 32.2. The molecule has 6 aromatic rings. The van der Waals surface area contributed by atoms with E-state index in [1.54, 1.807) is 34.0 Å². The van der Waals surface area contributed by atoms with Gasteiger partial charge in [0.15, 0.2) is 0 Å². The van der Waals surface area contributed by atoms with Gasteiger partial charge in [0.2, 0.25) is 5.96 Å². The molecule has 4 aliphatic rings. The highest BCUT2D eigenvalue weighted by molar-refractivity contribution is 8.13. The first-order valence-electron chi connectivity index (χ1n) is 30.7. The first-order chi connectivity index (χ1) is 42.1. The number of aliphatic imine (C=N–C) groups is 1. The highest BCUT2D eigenvalue weighted by Crippen LogP contribution is 2.43. The molecule has 2 fully saturated rings. The Morgan fingerprint density at radius 1 is 0.648 bits per heavy atom. The standard InChI is InChI=1S/C33H42N4O3SSi.C32H40N3O3S2Si.C2H7N.CH4O/c1-5-34-31(37-26-33(25-35-37)22-12-13-23-33)36-41(38,39)28-20-18-27(19-21-28)24-40-42(32(2,3)4,29-14-8-6-9-15-29)30-16-10-7-11-17-30;1-31(2,3)41(28-13-7-5-8-14-28,29-15-9-6-10-16-29)38-23-26-17-19-27(20-18-26)40(36,37)34-30(39-4)35-25-32(24-33-35)21-11-12-22-32;1-2-3;1-2/h6-11,14-21,25H,5,12-13,22-24,26H2,1-4H3,(H,34,36);5-10,13-20H,11-12,21-25H2,1-4H3;2-3H2,1H3;2H,1H3/q;+1;;. The van der Waals surface area contributed by atoms with Crippen molar-refractivity contribution in [1.82, 2.24) is 9.73 Å². The van der Waals surface area contributed by atoms with Crippen LogP contribution in [0.1, 0.15) is 118 Å². The molecule has 4 N–H and O–H groups in total. The van der Waals surface area contributed by atoms with E-state index in [1.165, 1.54) is 58.2 Å². The summed E-state index contributed by atoms with van der Waals surface area (Å²) in [6, 6.07) is 55.9. The van der Waals surface area contributed by atoms with Gasteiger partial charge in [0.05, 0.1) is 35.6 Å². The monoisotopic (exact) mass is 1290 g/mol. The van der Waals surface area contributed by atoms with Crippen molar-refractivity contribution in [3.8, 4) is 0 Å². The molecule has 20 heteroatoms. The SMILES string of the molecule is CCN.CCN=C(NS(=O)(=O)c1ccc(CO[Si](c2ccccc2)(c2ccccc2)C(C)(C)C)cc1)N1CC2(C=N1)CCCC2.CO.CSC(=NS(=O)(=O)c1ccc(CO[Si](c2ccccc2)(c2ccccc2)C(C)(C)C)cc1)[N+]1=NCC2(CCCC2)C1. The summed E-state index contributed by atoms with van der Waals surface area (Å²) in [6.07, 6.45) is 13.1. The molecule has 472 valence electrons. The smallest absolute Gasteiger partial charge is 0.393 e. The Kier molecular flexibility index (Phi) is 24.3. The zero-order valence-electron chi connectivity index (χ0n) is 53.2. The Bertz CT molecular complexity index is 3440. The number of nitrogens with two attached hydrogens (primary N) is 1. The summed E-state index contributed by atoms with van der Waals surface area (Å²) < 4.78 is 76.2. The first-order valence-corrected chi connectivity index (χ1v) is 38.6. The summed E-state index contributed by atoms with van der Waals surface area (Å²) in [7, 11) is -12.1. The number of thioether (sulfide) groups is 1. The molecule has 0 amide bonds. The molecular weight excluding hydrogens is 1190 g/mol. The number of sulfonamides is 2. The van der Waals surface area contributed by atoms with Crippen molar-refractivity contribution in [2.45, 2.75) is 140 Å². The number of nitrogens with zero attached hydrogens (tertiary/aromatic N) is 6. The predicted octanol–water partition coefficient (Wildman–Crippen LogP) is 11.1. The third-order valence-electron chi connectivity index (χ3n) is 16.8. The van der Waals surface area contributed by atoms with E-state index in [0.717, 1.165) is 63.6 Å². The molecular formula is C68H93N8O7S3Si2+. The summed E-state index contributed by atoms with van der Waals surface area (Å²) in [4.78, 5) is 4.80. The number of guanidine groups is 1. The minimum atomic E-state index is -3.88. The van der Waals surface area contributed by atoms with Crippen LogP contribution in [0.5, 0.6) is 0 Å². The quantitative estimate of drug-likeness (QED) is 0.0384. The van der Waals surface area contributed by atoms with Crippen molar-refractivity contribution in [2.24, 2.45) is 36.2 Å². The Labute approximate surface area is 531 Å². The predicted molar refractivity (Wildman–Crippen MR) is 366 cm³/mol. The van der Waals surface area contributed by atoms with E-state index in [4.69, 9.17) is 19.7 Å². The second-order valence-electron chi connectivity index (χ2n) is 25.0. The van der Waals surface area contributed by atoms with Crippen LogP contribution in [0.25, 0.3) is 0 Å². The van der Waals surface area contributed by atoms with Gasteiger partial charge in [-0.1, -0.05) is 220 Å². The largest absolute Gasteiger partial charge is 0.403 e. The average Bonchev–Trinajstić information content (AvgIpc) is 1.30. The molecule has 0 bridgehead atoms. The van der Waals surface area contributed by atoms with Crippen molar-refractivity contribution in [2.75, 3.05) is 46.1 Å².